The summed E-state index contributed by atoms with van der Waals surface area (Å²) < 4.78 is 15.2. The number of nitrogens with zero attached hydrogens (tertiary/aromatic N) is 2. The highest BCUT2D eigenvalue weighted by Crippen LogP contribution is 2.21. The van der Waals surface area contributed by atoms with Gasteiger partial charge in [0, 0.05) is 38.6 Å². The van der Waals surface area contributed by atoms with E-state index in [1.807, 2.05) is 42.1 Å². The largest absolute Gasteiger partial charge is 0.336 e. The van der Waals surface area contributed by atoms with E-state index in [1.165, 1.54) is 19.1 Å². The zero-order valence-corrected chi connectivity index (χ0v) is 14.7. The van der Waals surface area contributed by atoms with Crippen molar-refractivity contribution in [2.75, 3.05) is 5.32 Å². The Morgan fingerprint density at radius 2 is 1.85 bits per heavy atom. The topological polar surface area (TPSA) is 59.0 Å². The van der Waals surface area contributed by atoms with Crippen LogP contribution in [0.1, 0.15) is 29.9 Å². The van der Waals surface area contributed by atoms with E-state index in [1.54, 1.807) is 18.3 Å². The summed E-state index contributed by atoms with van der Waals surface area (Å²) in [5, 5.41) is 6.23. The standard InChI is InChI=1S/C20H21FN4O/c1-14(26)24-18-9-3-15(4-10-18)13-23-19(20-22-11-12-25(20)2)16-5-7-17(21)8-6-16/h3-12,19,23H,13H2,1-2H3,(H,24,26)/t19-/m1/s1. The van der Waals surface area contributed by atoms with Gasteiger partial charge in [0.1, 0.15) is 11.6 Å². The highest BCUT2D eigenvalue weighted by molar-refractivity contribution is 5.88. The van der Waals surface area contributed by atoms with E-state index >= 15 is 0 Å². The SMILES string of the molecule is CC(=O)Nc1ccc(CN[C@H](c2ccc(F)cc2)c2nccn2C)cc1. The molecular formula is C20H21FN4O. The third-order valence-corrected chi connectivity index (χ3v) is 4.10. The first-order chi connectivity index (χ1) is 12.5. The first-order valence-electron chi connectivity index (χ1n) is 8.35. The first kappa shape index (κ1) is 17.8. The Balaban J connectivity index is 1.77. The molecule has 2 aromatic carbocycles. The van der Waals surface area contributed by atoms with Crippen LogP contribution in [0, 0.1) is 5.82 Å². The van der Waals surface area contributed by atoms with Crippen molar-refractivity contribution in [3.8, 4) is 0 Å². The molecule has 134 valence electrons. The molecule has 0 aliphatic heterocycles. The predicted octanol–water partition coefficient (Wildman–Crippen LogP) is 3.40. The van der Waals surface area contributed by atoms with E-state index in [-0.39, 0.29) is 17.8 Å². The minimum absolute atomic E-state index is 0.0953. The van der Waals surface area contributed by atoms with Crippen molar-refractivity contribution in [3.05, 3.63) is 83.7 Å². The summed E-state index contributed by atoms with van der Waals surface area (Å²) in [6.07, 6.45) is 3.63. The summed E-state index contributed by atoms with van der Waals surface area (Å²) in [5.41, 5.74) is 2.77. The van der Waals surface area contributed by atoms with Crippen LogP contribution in [0.25, 0.3) is 0 Å². The molecule has 0 unspecified atom stereocenters. The number of halogens is 1. The molecule has 0 fully saturated rings. The van der Waals surface area contributed by atoms with Gasteiger partial charge in [-0.15, -0.1) is 0 Å². The monoisotopic (exact) mass is 352 g/mol. The van der Waals surface area contributed by atoms with Gasteiger partial charge in [0.25, 0.3) is 0 Å². The molecule has 3 aromatic rings. The molecule has 0 aliphatic carbocycles. The van der Waals surface area contributed by atoms with Gasteiger partial charge in [-0.25, -0.2) is 9.37 Å². The molecule has 3 rings (SSSR count). The van der Waals surface area contributed by atoms with Gasteiger partial charge in [0.15, 0.2) is 0 Å². The summed E-state index contributed by atoms with van der Waals surface area (Å²) >= 11 is 0. The molecule has 0 spiro atoms. The Hall–Kier alpha value is -2.99. The zero-order valence-electron chi connectivity index (χ0n) is 14.7. The molecule has 5 nitrogen and oxygen atoms in total. The van der Waals surface area contributed by atoms with Crippen LogP contribution in [0.3, 0.4) is 0 Å². The summed E-state index contributed by atoms with van der Waals surface area (Å²) in [7, 11) is 1.93. The number of hydrogen-bond donors (Lipinski definition) is 2. The minimum atomic E-state index is -0.263. The highest BCUT2D eigenvalue weighted by Gasteiger charge is 2.18. The van der Waals surface area contributed by atoms with Crippen LogP contribution in [0.15, 0.2) is 60.9 Å². The summed E-state index contributed by atoms with van der Waals surface area (Å²) in [4.78, 5) is 15.5. The minimum Gasteiger partial charge on any atom is -0.336 e. The molecule has 0 bridgehead atoms. The molecule has 0 radical (unpaired) electrons. The first-order valence-corrected chi connectivity index (χ1v) is 8.35. The van der Waals surface area contributed by atoms with Crippen LogP contribution < -0.4 is 10.6 Å². The number of aromatic nitrogens is 2. The molecule has 1 aromatic heterocycles. The second kappa shape index (κ2) is 7.93. The van der Waals surface area contributed by atoms with Crippen molar-refractivity contribution in [1.29, 1.82) is 0 Å². The normalized spacial score (nSPS) is 12.0. The summed E-state index contributed by atoms with van der Waals surface area (Å²) in [6, 6.07) is 13.9. The van der Waals surface area contributed by atoms with Crippen LogP contribution in [-0.4, -0.2) is 15.5 Å². The summed E-state index contributed by atoms with van der Waals surface area (Å²) in [6.45, 7) is 2.09. The maximum absolute atomic E-state index is 13.3. The number of nitrogens with one attached hydrogen (secondary N) is 2. The van der Waals surface area contributed by atoms with Gasteiger partial charge in [0.05, 0.1) is 6.04 Å². The maximum Gasteiger partial charge on any atom is 0.221 e. The fraction of sp³-hybridized carbons (Fsp3) is 0.200. The molecule has 0 saturated heterocycles. The Bertz CT molecular complexity index is 872. The summed E-state index contributed by atoms with van der Waals surface area (Å²) in [5.74, 6) is 0.495. The van der Waals surface area contributed by atoms with E-state index in [4.69, 9.17) is 0 Å². The van der Waals surface area contributed by atoms with E-state index in [2.05, 4.69) is 15.6 Å². The second-order valence-electron chi connectivity index (χ2n) is 6.14. The number of hydrogen-bond acceptors (Lipinski definition) is 3. The van der Waals surface area contributed by atoms with E-state index < -0.39 is 0 Å². The Morgan fingerprint density at radius 1 is 1.15 bits per heavy atom. The highest BCUT2D eigenvalue weighted by atomic mass is 19.1. The van der Waals surface area contributed by atoms with Gasteiger partial charge >= 0.3 is 0 Å². The second-order valence-corrected chi connectivity index (χ2v) is 6.14. The van der Waals surface area contributed by atoms with Gasteiger partial charge < -0.3 is 9.88 Å². The lowest BCUT2D eigenvalue weighted by Gasteiger charge is -2.19. The molecule has 26 heavy (non-hydrogen) atoms. The average molecular weight is 352 g/mol. The lowest BCUT2D eigenvalue weighted by atomic mass is 10.1. The van der Waals surface area contributed by atoms with Crippen molar-refractivity contribution in [2.24, 2.45) is 7.05 Å². The fourth-order valence-corrected chi connectivity index (χ4v) is 2.80. The van der Waals surface area contributed by atoms with E-state index in [9.17, 15) is 9.18 Å². The molecule has 1 amide bonds. The van der Waals surface area contributed by atoms with Crippen LogP contribution in [0.4, 0.5) is 10.1 Å². The molecule has 6 heteroatoms. The molecule has 0 aliphatic rings. The van der Waals surface area contributed by atoms with E-state index in [0.717, 1.165) is 22.6 Å². The number of imidazole rings is 1. The quantitative estimate of drug-likeness (QED) is 0.715. The van der Waals surface area contributed by atoms with Gasteiger partial charge in [-0.3, -0.25) is 10.1 Å². The van der Waals surface area contributed by atoms with Crippen LogP contribution in [0.5, 0.6) is 0 Å². The Labute approximate surface area is 151 Å². The van der Waals surface area contributed by atoms with Crippen LogP contribution in [0.2, 0.25) is 0 Å². The lowest BCUT2D eigenvalue weighted by molar-refractivity contribution is -0.114. The van der Waals surface area contributed by atoms with Gasteiger partial charge in [-0.05, 0) is 35.4 Å². The molecule has 0 saturated carbocycles. The molecular weight excluding hydrogens is 331 g/mol. The number of amides is 1. The molecule has 1 atom stereocenters. The predicted molar refractivity (Wildman–Crippen MR) is 99.0 cm³/mol. The van der Waals surface area contributed by atoms with Crippen molar-refractivity contribution >= 4 is 11.6 Å². The lowest BCUT2D eigenvalue weighted by Crippen LogP contribution is -2.24. The fourth-order valence-electron chi connectivity index (χ4n) is 2.80. The Kier molecular flexibility index (Phi) is 5.43. The van der Waals surface area contributed by atoms with Gasteiger partial charge in [-0.1, -0.05) is 24.3 Å². The van der Waals surface area contributed by atoms with Crippen LogP contribution >= 0.6 is 0 Å². The van der Waals surface area contributed by atoms with Crippen molar-refractivity contribution in [1.82, 2.24) is 14.9 Å². The number of carbonyl (C=O) groups excluding carboxylic acids is 1. The molecule has 2 N–H and O–H groups in total. The Morgan fingerprint density at radius 3 is 2.42 bits per heavy atom. The average Bonchev–Trinajstić information content (AvgIpc) is 3.03. The number of rotatable bonds is 6. The smallest absolute Gasteiger partial charge is 0.221 e. The number of anilines is 1. The molecule has 1 heterocycles. The maximum atomic E-state index is 13.3. The van der Waals surface area contributed by atoms with Crippen LogP contribution in [-0.2, 0) is 18.4 Å². The number of benzene rings is 2. The number of aryl methyl sites for hydroxylation is 1. The zero-order chi connectivity index (χ0) is 18.5. The van der Waals surface area contributed by atoms with Gasteiger partial charge in [0.2, 0.25) is 5.91 Å². The third-order valence-electron chi connectivity index (χ3n) is 4.10. The van der Waals surface area contributed by atoms with Gasteiger partial charge in [-0.2, -0.15) is 0 Å². The van der Waals surface area contributed by atoms with E-state index in [0.29, 0.717) is 6.54 Å². The van der Waals surface area contributed by atoms with Crippen molar-refractivity contribution in [3.63, 3.8) is 0 Å². The number of carbonyl (C=O) groups is 1. The van der Waals surface area contributed by atoms with Crippen molar-refractivity contribution < 1.29 is 9.18 Å². The van der Waals surface area contributed by atoms with Crippen molar-refractivity contribution in [2.45, 2.75) is 19.5 Å². The third kappa shape index (κ3) is 4.34.